The van der Waals surface area contributed by atoms with Crippen LogP contribution in [0.5, 0.6) is 0 Å². The fraction of sp³-hybridized carbons (Fsp3) is 0.333. The third-order valence-electron chi connectivity index (χ3n) is 4.51. The van der Waals surface area contributed by atoms with Gasteiger partial charge in [0.25, 0.3) is 0 Å². The third kappa shape index (κ3) is 4.75. The minimum Gasteiger partial charge on any atom is -0.445 e. The Labute approximate surface area is 166 Å². The van der Waals surface area contributed by atoms with Gasteiger partial charge in [0.05, 0.1) is 24.6 Å². The SMILES string of the molecule is O=C(NCC(=O)N1CC(n2cc(Cn3nccn3)nn2)C1)OCc1ccccc1. The third-order valence-corrected chi connectivity index (χ3v) is 4.51. The molecule has 0 aliphatic carbocycles. The zero-order valence-electron chi connectivity index (χ0n) is 15.6. The molecule has 3 aromatic rings. The van der Waals surface area contributed by atoms with Crippen molar-refractivity contribution >= 4 is 12.0 Å². The van der Waals surface area contributed by atoms with E-state index >= 15 is 0 Å². The van der Waals surface area contributed by atoms with Gasteiger partial charge in [-0.05, 0) is 5.56 Å². The first-order valence-corrected chi connectivity index (χ1v) is 9.14. The maximum absolute atomic E-state index is 12.2. The van der Waals surface area contributed by atoms with E-state index in [2.05, 4.69) is 25.8 Å². The van der Waals surface area contributed by atoms with Crippen molar-refractivity contribution in [1.82, 2.24) is 40.2 Å². The van der Waals surface area contributed by atoms with Crippen LogP contribution in [-0.2, 0) is 22.7 Å². The molecule has 0 saturated carbocycles. The van der Waals surface area contributed by atoms with E-state index in [4.69, 9.17) is 4.74 Å². The minimum absolute atomic E-state index is 0.0656. The molecule has 1 fully saturated rings. The van der Waals surface area contributed by atoms with E-state index in [1.807, 2.05) is 36.5 Å². The zero-order chi connectivity index (χ0) is 20.1. The second kappa shape index (κ2) is 8.50. The summed E-state index contributed by atoms with van der Waals surface area (Å²) in [7, 11) is 0. The molecule has 1 saturated heterocycles. The van der Waals surface area contributed by atoms with Gasteiger partial charge >= 0.3 is 6.09 Å². The van der Waals surface area contributed by atoms with E-state index in [1.165, 1.54) is 4.80 Å². The van der Waals surface area contributed by atoms with E-state index in [-0.39, 0.29) is 25.1 Å². The number of ether oxygens (including phenoxy) is 1. The number of carbonyl (C=O) groups is 2. The summed E-state index contributed by atoms with van der Waals surface area (Å²) in [5.74, 6) is -0.168. The number of nitrogens with one attached hydrogen (secondary N) is 1. The van der Waals surface area contributed by atoms with E-state index in [0.29, 0.717) is 19.6 Å². The van der Waals surface area contributed by atoms with Gasteiger partial charge in [-0.2, -0.15) is 15.0 Å². The van der Waals surface area contributed by atoms with Gasteiger partial charge in [-0.15, -0.1) is 5.10 Å². The molecule has 150 valence electrons. The van der Waals surface area contributed by atoms with Crippen molar-refractivity contribution in [3.05, 3.63) is 60.2 Å². The van der Waals surface area contributed by atoms with Crippen molar-refractivity contribution in [2.24, 2.45) is 0 Å². The van der Waals surface area contributed by atoms with Gasteiger partial charge in [-0.1, -0.05) is 35.5 Å². The molecule has 11 nitrogen and oxygen atoms in total. The van der Waals surface area contributed by atoms with E-state index in [0.717, 1.165) is 11.3 Å². The number of benzene rings is 1. The number of carbonyl (C=O) groups excluding carboxylic acids is 2. The highest BCUT2D eigenvalue weighted by molar-refractivity contribution is 5.82. The van der Waals surface area contributed by atoms with Crippen molar-refractivity contribution in [3.8, 4) is 0 Å². The summed E-state index contributed by atoms with van der Waals surface area (Å²) in [5, 5.41) is 18.8. The highest BCUT2D eigenvalue weighted by atomic mass is 16.5. The van der Waals surface area contributed by atoms with Gasteiger partial charge in [0.1, 0.15) is 25.4 Å². The van der Waals surface area contributed by atoms with Crippen LogP contribution in [0.4, 0.5) is 4.79 Å². The lowest BCUT2D eigenvalue weighted by Crippen LogP contribution is -2.53. The van der Waals surface area contributed by atoms with Crippen molar-refractivity contribution in [2.45, 2.75) is 19.2 Å². The lowest BCUT2D eigenvalue weighted by molar-refractivity contribution is -0.136. The molecule has 0 radical (unpaired) electrons. The number of alkyl carbamates (subject to hydrolysis) is 1. The molecule has 0 unspecified atom stereocenters. The molecule has 29 heavy (non-hydrogen) atoms. The largest absolute Gasteiger partial charge is 0.445 e. The average Bonchev–Trinajstić information content (AvgIpc) is 3.37. The summed E-state index contributed by atoms with van der Waals surface area (Å²) >= 11 is 0. The molecule has 11 heteroatoms. The number of amides is 2. The van der Waals surface area contributed by atoms with Gasteiger partial charge in [0.2, 0.25) is 5.91 Å². The van der Waals surface area contributed by atoms with Crippen LogP contribution in [-0.4, -0.2) is 66.5 Å². The summed E-state index contributed by atoms with van der Waals surface area (Å²) in [6.45, 7) is 1.53. The van der Waals surface area contributed by atoms with Crippen LogP contribution in [0.2, 0.25) is 0 Å². The molecule has 1 aliphatic rings. The van der Waals surface area contributed by atoms with Crippen molar-refractivity contribution in [3.63, 3.8) is 0 Å². The lowest BCUT2D eigenvalue weighted by atomic mass is 10.1. The number of aromatic nitrogens is 6. The number of rotatable bonds is 7. The molecule has 1 aromatic carbocycles. The smallest absolute Gasteiger partial charge is 0.407 e. The minimum atomic E-state index is -0.618. The maximum Gasteiger partial charge on any atom is 0.407 e. The summed E-state index contributed by atoms with van der Waals surface area (Å²) in [6.07, 6.45) is 4.42. The number of nitrogens with zero attached hydrogens (tertiary/aromatic N) is 7. The van der Waals surface area contributed by atoms with Crippen LogP contribution in [0.25, 0.3) is 0 Å². The van der Waals surface area contributed by atoms with Crippen LogP contribution < -0.4 is 5.32 Å². The molecule has 2 aromatic heterocycles. The Bertz CT molecular complexity index is 951. The molecule has 3 heterocycles. The van der Waals surface area contributed by atoms with Gasteiger partial charge in [-0.3, -0.25) is 4.79 Å². The Kier molecular flexibility index (Phi) is 5.45. The van der Waals surface area contributed by atoms with Gasteiger partial charge in [0, 0.05) is 13.1 Å². The van der Waals surface area contributed by atoms with E-state index < -0.39 is 6.09 Å². The molecule has 2 amide bonds. The summed E-state index contributed by atoms with van der Waals surface area (Å²) in [4.78, 5) is 27.1. The van der Waals surface area contributed by atoms with Crippen molar-refractivity contribution < 1.29 is 14.3 Å². The Morgan fingerprint density at radius 3 is 2.66 bits per heavy atom. The van der Waals surface area contributed by atoms with Crippen molar-refractivity contribution in [2.75, 3.05) is 19.6 Å². The monoisotopic (exact) mass is 396 g/mol. The Morgan fingerprint density at radius 2 is 1.90 bits per heavy atom. The molecule has 1 N–H and O–H groups in total. The first kappa shape index (κ1) is 18.6. The summed E-state index contributed by atoms with van der Waals surface area (Å²) in [5.41, 5.74) is 1.63. The number of likely N-dealkylation sites (tertiary alicyclic amines) is 1. The molecular formula is C18H20N8O3. The molecule has 0 spiro atoms. The second-order valence-electron chi connectivity index (χ2n) is 6.62. The van der Waals surface area contributed by atoms with E-state index in [9.17, 15) is 9.59 Å². The first-order chi connectivity index (χ1) is 14.2. The van der Waals surface area contributed by atoms with Gasteiger partial charge in [-0.25, -0.2) is 9.48 Å². The Balaban J connectivity index is 1.16. The van der Waals surface area contributed by atoms with Crippen LogP contribution in [0.1, 0.15) is 17.3 Å². The molecule has 0 bridgehead atoms. The topological polar surface area (TPSA) is 120 Å². The lowest BCUT2D eigenvalue weighted by Gasteiger charge is -2.38. The quantitative estimate of drug-likeness (QED) is 0.607. The average molecular weight is 396 g/mol. The predicted octanol–water partition coefficient (Wildman–Crippen LogP) is 0.228. The standard InChI is InChI=1S/C18H20N8O3/c27-17(8-19-18(28)29-13-14-4-2-1-3-5-14)24-11-16(12-24)25-9-15(22-23-25)10-26-20-6-7-21-26/h1-7,9,16H,8,10-13H2,(H,19,28). The number of hydrogen-bond donors (Lipinski definition) is 1. The molecule has 1 aliphatic heterocycles. The molecule has 4 rings (SSSR count). The fourth-order valence-electron chi connectivity index (χ4n) is 2.89. The van der Waals surface area contributed by atoms with Crippen LogP contribution in [0.15, 0.2) is 48.9 Å². The fourth-order valence-corrected chi connectivity index (χ4v) is 2.89. The van der Waals surface area contributed by atoms with Gasteiger partial charge < -0.3 is 15.0 Å². The Morgan fingerprint density at radius 1 is 1.14 bits per heavy atom. The molecule has 0 atom stereocenters. The van der Waals surface area contributed by atoms with Crippen molar-refractivity contribution in [1.29, 1.82) is 0 Å². The summed E-state index contributed by atoms with van der Waals surface area (Å²) < 4.78 is 6.83. The maximum atomic E-state index is 12.2. The van der Waals surface area contributed by atoms with Gasteiger partial charge in [0.15, 0.2) is 0 Å². The normalized spacial score (nSPS) is 13.7. The summed E-state index contributed by atoms with van der Waals surface area (Å²) in [6, 6.07) is 9.41. The van der Waals surface area contributed by atoms with E-state index in [1.54, 1.807) is 22.0 Å². The second-order valence-corrected chi connectivity index (χ2v) is 6.62. The highest BCUT2D eigenvalue weighted by Gasteiger charge is 2.32. The van der Waals surface area contributed by atoms with Crippen LogP contribution in [0.3, 0.4) is 0 Å². The van der Waals surface area contributed by atoms with Crippen LogP contribution in [0, 0.1) is 0 Å². The number of hydrogen-bond acceptors (Lipinski definition) is 7. The highest BCUT2D eigenvalue weighted by Crippen LogP contribution is 2.20. The zero-order valence-corrected chi connectivity index (χ0v) is 15.6. The molecular weight excluding hydrogens is 376 g/mol. The first-order valence-electron chi connectivity index (χ1n) is 9.14. The Hall–Kier alpha value is -3.76. The van der Waals surface area contributed by atoms with Crippen LogP contribution >= 0.6 is 0 Å². The predicted molar refractivity (Wildman–Crippen MR) is 99.4 cm³/mol.